The van der Waals surface area contributed by atoms with Crippen molar-refractivity contribution >= 4 is 34.5 Å². The van der Waals surface area contributed by atoms with Crippen LogP contribution in [0, 0.1) is 0 Å². The number of nitrogens with zero attached hydrogens (tertiary/aromatic N) is 1. The smallest absolute Gasteiger partial charge is 0.269 e. The highest BCUT2D eigenvalue weighted by Gasteiger charge is 2.43. The van der Waals surface area contributed by atoms with Crippen LogP contribution in [0.2, 0.25) is 5.02 Å². The molecule has 2 heterocycles. The lowest BCUT2D eigenvalue weighted by molar-refractivity contribution is 0.0438. The second kappa shape index (κ2) is 7.89. The summed E-state index contributed by atoms with van der Waals surface area (Å²) in [6, 6.07) is 15.5. The molecular formula is C25H24ClNO4S. The van der Waals surface area contributed by atoms with Crippen molar-refractivity contribution in [1.29, 1.82) is 0 Å². The molecule has 1 amide bonds. The first-order chi connectivity index (χ1) is 15.3. The molecule has 1 fully saturated rings. The summed E-state index contributed by atoms with van der Waals surface area (Å²) >= 11 is 7.49. The van der Waals surface area contributed by atoms with Crippen LogP contribution in [-0.2, 0) is 12.0 Å². The van der Waals surface area contributed by atoms with Crippen molar-refractivity contribution in [2.24, 2.45) is 0 Å². The number of carbonyl (C=O) groups is 1. The summed E-state index contributed by atoms with van der Waals surface area (Å²) in [5.74, 6) is 0.647. The van der Waals surface area contributed by atoms with Gasteiger partial charge in [-0.2, -0.15) is 0 Å². The molecule has 2 N–H and O–H groups in total. The third-order valence-corrected chi connectivity index (χ3v) is 8.08. The first-order valence-corrected chi connectivity index (χ1v) is 11.7. The summed E-state index contributed by atoms with van der Waals surface area (Å²) in [5.41, 5.74) is 3.39. The average molecular weight is 470 g/mol. The molecule has 2 aromatic carbocycles. The highest BCUT2D eigenvalue weighted by Crippen LogP contribution is 2.46. The van der Waals surface area contributed by atoms with E-state index in [0.29, 0.717) is 30.2 Å². The largest absolute Gasteiger partial charge is 0.496 e. The fraction of sp³-hybridized carbons (Fsp3) is 0.320. The number of rotatable bonds is 4. The Kier molecular flexibility index (Phi) is 5.29. The number of methoxy groups -OCH3 is 1. The van der Waals surface area contributed by atoms with Crippen molar-refractivity contribution in [1.82, 2.24) is 0 Å². The van der Waals surface area contributed by atoms with Gasteiger partial charge in [0, 0.05) is 32.6 Å². The van der Waals surface area contributed by atoms with Crippen LogP contribution in [0.3, 0.4) is 0 Å². The maximum Gasteiger partial charge on any atom is 0.269 e. The van der Waals surface area contributed by atoms with Crippen LogP contribution in [0.25, 0.3) is 10.4 Å². The molecule has 5 nitrogen and oxygen atoms in total. The summed E-state index contributed by atoms with van der Waals surface area (Å²) in [6.45, 7) is 2.54. The van der Waals surface area contributed by atoms with E-state index in [0.717, 1.165) is 32.1 Å². The molecule has 1 aliphatic heterocycles. The molecule has 7 heteroatoms. The maximum atomic E-state index is 13.2. The monoisotopic (exact) mass is 469 g/mol. The number of thiophene rings is 1. The Morgan fingerprint density at radius 2 is 1.78 bits per heavy atom. The number of ether oxygens (including phenoxy) is 1. The van der Waals surface area contributed by atoms with Gasteiger partial charge in [-0.25, -0.2) is 0 Å². The van der Waals surface area contributed by atoms with E-state index in [1.807, 2.05) is 49.4 Å². The fourth-order valence-electron chi connectivity index (χ4n) is 4.90. The SMILES string of the molecule is COc1cc(N2Cc3cc(-c4ccc(Cl)cc4)sc3C2=O)ccc1C1(C)C[C@@H](O)[C@H](O)C1. The number of fused-ring (bicyclic) bond motifs is 1. The molecule has 2 atom stereocenters. The number of amides is 1. The fourth-order valence-corrected chi connectivity index (χ4v) is 6.15. The van der Waals surface area contributed by atoms with Crippen LogP contribution in [0.1, 0.15) is 40.6 Å². The lowest BCUT2D eigenvalue weighted by Crippen LogP contribution is -2.24. The van der Waals surface area contributed by atoms with Gasteiger partial charge in [0.1, 0.15) is 5.75 Å². The second-order valence-corrected chi connectivity index (χ2v) is 10.3. The van der Waals surface area contributed by atoms with Crippen LogP contribution in [0.5, 0.6) is 5.75 Å². The van der Waals surface area contributed by atoms with Gasteiger partial charge in [-0.15, -0.1) is 11.3 Å². The zero-order valence-corrected chi connectivity index (χ0v) is 19.4. The molecule has 1 aromatic heterocycles. The van der Waals surface area contributed by atoms with Crippen LogP contribution >= 0.6 is 22.9 Å². The van der Waals surface area contributed by atoms with E-state index >= 15 is 0 Å². The molecule has 166 valence electrons. The van der Waals surface area contributed by atoms with E-state index in [-0.39, 0.29) is 11.3 Å². The van der Waals surface area contributed by atoms with Gasteiger partial charge in [-0.1, -0.05) is 36.7 Å². The van der Waals surface area contributed by atoms with Crippen LogP contribution in [0.4, 0.5) is 5.69 Å². The number of benzene rings is 2. The number of carbonyl (C=O) groups excluding carboxylic acids is 1. The highest BCUT2D eigenvalue weighted by atomic mass is 35.5. The summed E-state index contributed by atoms with van der Waals surface area (Å²) in [4.78, 5) is 16.8. The first kappa shape index (κ1) is 21.5. The van der Waals surface area contributed by atoms with Gasteiger partial charge in [-0.05, 0) is 48.2 Å². The van der Waals surface area contributed by atoms with Gasteiger partial charge in [0.2, 0.25) is 0 Å². The quantitative estimate of drug-likeness (QED) is 0.563. The van der Waals surface area contributed by atoms with E-state index in [4.69, 9.17) is 16.3 Å². The Morgan fingerprint density at radius 1 is 1.09 bits per heavy atom. The third-order valence-electron chi connectivity index (χ3n) is 6.62. The Balaban J connectivity index is 1.42. The number of hydrogen-bond donors (Lipinski definition) is 2. The summed E-state index contributed by atoms with van der Waals surface area (Å²) in [7, 11) is 1.61. The summed E-state index contributed by atoms with van der Waals surface area (Å²) in [5, 5.41) is 20.8. The van der Waals surface area contributed by atoms with E-state index in [1.54, 1.807) is 12.0 Å². The minimum absolute atomic E-state index is 0.0158. The second-order valence-electron chi connectivity index (χ2n) is 8.85. The van der Waals surface area contributed by atoms with Gasteiger partial charge in [0.05, 0.1) is 30.7 Å². The topological polar surface area (TPSA) is 70.0 Å². The lowest BCUT2D eigenvalue weighted by atomic mass is 9.80. The van der Waals surface area contributed by atoms with Crippen molar-refractivity contribution in [2.75, 3.05) is 12.0 Å². The molecule has 0 unspecified atom stereocenters. The van der Waals surface area contributed by atoms with Gasteiger partial charge in [0.25, 0.3) is 5.91 Å². The van der Waals surface area contributed by atoms with Gasteiger partial charge in [-0.3, -0.25) is 4.79 Å². The molecular weight excluding hydrogens is 446 g/mol. The van der Waals surface area contributed by atoms with Crippen LogP contribution in [-0.4, -0.2) is 35.4 Å². The van der Waals surface area contributed by atoms with Gasteiger partial charge < -0.3 is 19.8 Å². The summed E-state index contributed by atoms with van der Waals surface area (Å²) < 4.78 is 5.66. The van der Waals surface area contributed by atoms with Crippen LogP contribution in [0.15, 0.2) is 48.5 Å². The molecule has 3 aromatic rings. The van der Waals surface area contributed by atoms with Crippen molar-refractivity contribution in [2.45, 2.75) is 43.9 Å². The lowest BCUT2D eigenvalue weighted by Gasteiger charge is -2.27. The van der Waals surface area contributed by atoms with Crippen molar-refractivity contribution in [3.05, 3.63) is 69.6 Å². The molecule has 1 aliphatic carbocycles. The molecule has 0 saturated heterocycles. The molecule has 2 aliphatic rings. The van der Waals surface area contributed by atoms with E-state index in [2.05, 4.69) is 6.07 Å². The van der Waals surface area contributed by atoms with Crippen molar-refractivity contribution < 1.29 is 19.7 Å². The Bertz CT molecular complexity index is 1180. The van der Waals surface area contributed by atoms with Gasteiger partial charge >= 0.3 is 0 Å². The standard InChI is InChI=1S/C25H24ClNO4S/c1-25(11-19(28)20(29)12-25)18-8-7-17(10-21(18)31-2)27-13-15-9-22(32-23(15)24(27)30)14-3-5-16(26)6-4-14/h3-10,19-20,28-29H,11-13H2,1-2H3/t19-,20-/m1/s1. The molecule has 1 saturated carbocycles. The Labute approximate surface area is 195 Å². The summed E-state index contributed by atoms with van der Waals surface area (Å²) in [6.07, 6.45) is -0.542. The number of halogens is 1. The highest BCUT2D eigenvalue weighted by molar-refractivity contribution is 7.17. The minimum atomic E-state index is -0.740. The molecule has 0 radical (unpaired) electrons. The van der Waals surface area contributed by atoms with Gasteiger partial charge in [0.15, 0.2) is 0 Å². The Morgan fingerprint density at radius 3 is 2.41 bits per heavy atom. The number of anilines is 1. The molecule has 0 bridgehead atoms. The first-order valence-electron chi connectivity index (χ1n) is 10.5. The van der Waals surface area contributed by atoms with Crippen molar-refractivity contribution in [3.8, 4) is 16.2 Å². The third kappa shape index (κ3) is 3.52. The average Bonchev–Trinajstić information content (AvgIpc) is 3.41. The predicted molar refractivity (Wildman–Crippen MR) is 127 cm³/mol. The maximum absolute atomic E-state index is 13.2. The predicted octanol–water partition coefficient (Wildman–Crippen LogP) is 5.01. The normalized spacial score (nSPS) is 21.8. The van der Waals surface area contributed by atoms with Crippen LogP contribution < -0.4 is 9.64 Å². The number of hydrogen-bond acceptors (Lipinski definition) is 5. The molecule has 0 spiro atoms. The zero-order valence-electron chi connectivity index (χ0n) is 17.8. The molecule has 32 heavy (non-hydrogen) atoms. The number of aliphatic hydroxyl groups is 2. The molecule has 5 rings (SSSR count). The minimum Gasteiger partial charge on any atom is -0.496 e. The van der Waals surface area contributed by atoms with E-state index in [9.17, 15) is 15.0 Å². The van der Waals surface area contributed by atoms with E-state index < -0.39 is 12.2 Å². The Hall–Kier alpha value is -2.38. The number of aliphatic hydroxyl groups excluding tert-OH is 2. The van der Waals surface area contributed by atoms with Crippen molar-refractivity contribution in [3.63, 3.8) is 0 Å². The zero-order chi connectivity index (χ0) is 22.6. The van der Waals surface area contributed by atoms with E-state index in [1.165, 1.54) is 11.3 Å².